The Bertz CT molecular complexity index is 302. The van der Waals surface area contributed by atoms with Gasteiger partial charge in [-0.2, -0.15) is 0 Å². The minimum absolute atomic E-state index is 0.240. The number of nitrogens with one attached hydrogen (secondary N) is 2. The molecule has 0 radical (unpaired) electrons. The first-order chi connectivity index (χ1) is 7.73. The van der Waals surface area contributed by atoms with Gasteiger partial charge in [-0.1, -0.05) is 13.8 Å². The summed E-state index contributed by atoms with van der Waals surface area (Å²) in [6, 6.07) is -1.37. The van der Waals surface area contributed by atoms with Crippen LogP contribution in [0.3, 0.4) is 0 Å². The van der Waals surface area contributed by atoms with E-state index < -0.39 is 23.9 Å². The molecule has 0 fully saturated rings. The highest BCUT2D eigenvalue weighted by Gasteiger charge is 2.22. The highest BCUT2D eigenvalue weighted by Crippen LogP contribution is 2.04. The molecule has 2 unspecified atom stereocenters. The van der Waals surface area contributed by atoms with Crippen LogP contribution in [0.25, 0.3) is 0 Å². The lowest BCUT2D eigenvalue weighted by Crippen LogP contribution is -2.51. The van der Waals surface area contributed by atoms with Crippen molar-refractivity contribution in [3.8, 4) is 0 Å². The SMILES string of the molecule is CC(=O)NC(C)C(=O)NC(CC(C)C)C(N)=O. The zero-order valence-corrected chi connectivity index (χ0v) is 10.7. The Balaban J connectivity index is 4.39. The molecule has 0 aliphatic heterocycles. The Kier molecular flexibility index (Phi) is 6.23. The van der Waals surface area contributed by atoms with Gasteiger partial charge in [-0.3, -0.25) is 14.4 Å². The lowest BCUT2D eigenvalue weighted by molar-refractivity contribution is -0.130. The van der Waals surface area contributed by atoms with Gasteiger partial charge in [0, 0.05) is 6.92 Å². The van der Waals surface area contributed by atoms with Crippen LogP contribution < -0.4 is 16.4 Å². The van der Waals surface area contributed by atoms with Gasteiger partial charge in [-0.25, -0.2) is 0 Å². The molecule has 6 nitrogen and oxygen atoms in total. The van der Waals surface area contributed by atoms with Gasteiger partial charge in [0.2, 0.25) is 17.7 Å². The van der Waals surface area contributed by atoms with Crippen LogP contribution in [0, 0.1) is 5.92 Å². The molecule has 0 aromatic rings. The Hall–Kier alpha value is -1.59. The fraction of sp³-hybridized carbons (Fsp3) is 0.727. The van der Waals surface area contributed by atoms with Crippen LogP contribution in [0.2, 0.25) is 0 Å². The van der Waals surface area contributed by atoms with Crippen molar-refractivity contribution in [2.24, 2.45) is 11.7 Å². The lowest BCUT2D eigenvalue weighted by atomic mass is 10.0. The highest BCUT2D eigenvalue weighted by molar-refractivity contribution is 5.90. The maximum absolute atomic E-state index is 11.6. The maximum Gasteiger partial charge on any atom is 0.242 e. The first kappa shape index (κ1) is 15.4. The predicted octanol–water partition coefficient (Wildman–Crippen LogP) is -0.473. The number of primary amides is 1. The number of carbonyl (C=O) groups is 3. The second kappa shape index (κ2) is 6.88. The first-order valence-corrected chi connectivity index (χ1v) is 5.60. The molecule has 17 heavy (non-hydrogen) atoms. The van der Waals surface area contributed by atoms with Crippen molar-refractivity contribution >= 4 is 17.7 Å². The maximum atomic E-state index is 11.6. The molecular formula is C11H21N3O3. The molecule has 0 bridgehead atoms. The summed E-state index contributed by atoms with van der Waals surface area (Å²) in [5, 5.41) is 4.96. The summed E-state index contributed by atoms with van der Waals surface area (Å²) in [4.78, 5) is 33.5. The summed E-state index contributed by atoms with van der Waals surface area (Å²) < 4.78 is 0. The zero-order chi connectivity index (χ0) is 13.6. The summed E-state index contributed by atoms with van der Waals surface area (Å²) in [5.41, 5.74) is 5.19. The van der Waals surface area contributed by atoms with Crippen LogP contribution >= 0.6 is 0 Å². The molecule has 0 spiro atoms. The zero-order valence-electron chi connectivity index (χ0n) is 10.7. The van der Waals surface area contributed by atoms with Crippen LogP contribution in [0.5, 0.6) is 0 Å². The Labute approximate surface area is 101 Å². The van der Waals surface area contributed by atoms with Crippen LogP contribution in [0.4, 0.5) is 0 Å². The largest absolute Gasteiger partial charge is 0.368 e. The van der Waals surface area contributed by atoms with Gasteiger partial charge < -0.3 is 16.4 Å². The van der Waals surface area contributed by atoms with Gasteiger partial charge in [-0.15, -0.1) is 0 Å². The molecule has 0 saturated heterocycles. The van der Waals surface area contributed by atoms with Gasteiger partial charge in [0.1, 0.15) is 12.1 Å². The third kappa shape index (κ3) is 6.55. The van der Waals surface area contributed by atoms with Gasteiger partial charge in [0.25, 0.3) is 0 Å². The minimum Gasteiger partial charge on any atom is -0.368 e. The predicted molar refractivity (Wildman–Crippen MR) is 63.9 cm³/mol. The second-order valence-corrected chi connectivity index (χ2v) is 4.52. The molecule has 4 N–H and O–H groups in total. The Morgan fingerprint density at radius 2 is 1.65 bits per heavy atom. The number of carbonyl (C=O) groups excluding carboxylic acids is 3. The molecular weight excluding hydrogens is 222 g/mol. The van der Waals surface area contributed by atoms with Crippen LogP contribution in [0.15, 0.2) is 0 Å². The molecule has 2 atom stereocenters. The van der Waals surface area contributed by atoms with Crippen molar-refractivity contribution in [1.29, 1.82) is 0 Å². The topological polar surface area (TPSA) is 101 Å². The van der Waals surface area contributed by atoms with Crippen molar-refractivity contribution in [2.45, 2.75) is 46.2 Å². The van der Waals surface area contributed by atoms with Gasteiger partial charge in [0.15, 0.2) is 0 Å². The smallest absolute Gasteiger partial charge is 0.242 e. The Morgan fingerprint density at radius 3 is 2.00 bits per heavy atom. The fourth-order valence-electron chi connectivity index (χ4n) is 1.38. The summed E-state index contributed by atoms with van der Waals surface area (Å²) in [6.45, 7) is 6.73. The molecule has 0 aliphatic rings. The normalized spacial score (nSPS) is 13.9. The second-order valence-electron chi connectivity index (χ2n) is 4.52. The van der Waals surface area contributed by atoms with E-state index in [1.165, 1.54) is 6.92 Å². The van der Waals surface area contributed by atoms with Crippen molar-refractivity contribution in [1.82, 2.24) is 10.6 Å². The van der Waals surface area contributed by atoms with Crippen molar-refractivity contribution in [2.75, 3.05) is 0 Å². The summed E-state index contributed by atoms with van der Waals surface area (Å²) >= 11 is 0. The first-order valence-electron chi connectivity index (χ1n) is 5.60. The van der Waals surface area contributed by atoms with E-state index in [1.54, 1.807) is 6.92 Å². The number of rotatable bonds is 6. The van der Waals surface area contributed by atoms with E-state index in [0.29, 0.717) is 6.42 Å². The van der Waals surface area contributed by atoms with Crippen LogP contribution in [-0.2, 0) is 14.4 Å². The molecule has 0 aliphatic carbocycles. The van der Waals surface area contributed by atoms with E-state index in [0.717, 1.165) is 0 Å². The fourth-order valence-corrected chi connectivity index (χ4v) is 1.38. The van der Waals surface area contributed by atoms with E-state index in [2.05, 4.69) is 10.6 Å². The highest BCUT2D eigenvalue weighted by atomic mass is 16.2. The summed E-state index contributed by atoms with van der Waals surface area (Å²) in [6.07, 6.45) is 0.480. The van der Waals surface area contributed by atoms with Gasteiger partial charge >= 0.3 is 0 Å². The van der Waals surface area contributed by atoms with E-state index in [1.807, 2.05) is 13.8 Å². The molecule has 0 heterocycles. The van der Waals surface area contributed by atoms with Crippen molar-refractivity contribution in [3.63, 3.8) is 0 Å². The third-order valence-electron chi connectivity index (χ3n) is 2.18. The van der Waals surface area contributed by atoms with Crippen molar-refractivity contribution < 1.29 is 14.4 Å². The summed E-state index contributed by atoms with van der Waals surface area (Å²) in [7, 11) is 0. The molecule has 6 heteroatoms. The number of amides is 3. The average Bonchev–Trinajstić information content (AvgIpc) is 2.14. The molecule has 0 aromatic heterocycles. The monoisotopic (exact) mass is 243 g/mol. The standard InChI is InChI=1S/C11H21N3O3/c1-6(2)5-9(10(12)16)14-11(17)7(3)13-8(4)15/h6-7,9H,5H2,1-4H3,(H2,12,16)(H,13,15)(H,14,17). The van der Waals surface area contributed by atoms with E-state index in [-0.39, 0.29) is 11.8 Å². The summed E-state index contributed by atoms with van der Waals surface area (Å²) in [5.74, 6) is -1.04. The van der Waals surface area contributed by atoms with Gasteiger partial charge in [0.05, 0.1) is 0 Å². The van der Waals surface area contributed by atoms with Crippen LogP contribution in [-0.4, -0.2) is 29.8 Å². The number of nitrogens with two attached hydrogens (primary N) is 1. The lowest BCUT2D eigenvalue weighted by Gasteiger charge is -2.20. The number of hydrogen-bond acceptors (Lipinski definition) is 3. The average molecular weight is 243 g/mol. The Morgan fingerprint density at radius 1 is 1.12 bits per heavy atom. The van der Waals surface area contributed by atoms with Gasteiger partial charge in [-0.05, 0) is 19.3 Å². The minimum atomic E-state index is -0.696. The molecule has 0 saturated carbocycles. The van der Waals surface area contributed by atoms with Crippen LogP contribution in [0.1, 0.15) is 34.1 Å². The molecule has 0 rings (SSSR count). The van der Waals surface area contributed by atoms with Crippen molar-refractivity contribution in [3.05, 3.63) is 0 Å². The molecule has 3 amide bonds. The third-order valence-corrected chi connectivity index (χ3v) is 2.18. The van der Waals surface area contributed by atoms with E-state index in [9.17, 15) is 14.4 Å². The number of hydrogen-bond donors (Lipinski definition) is 3. The quantitative estimate of drug-likeness (QED) is 0.587. The molecule has 0 aromatic carbocycles. The van der Waals surface area contributed by atoms with E-state index in [4.69, 9.17) is 5.73 Å². The van der Waals surface area contributed by atoms with E-state index >= 15 is 0 Å². The molecule has 98 valence electrons.